The monoisotopic (exact) mass is 562 g/mol. The van der Waals surface area contributed by atoms with Crippen LogP contribution in [-0.4, -0.2) is 75.1 Å². The first-order valence-electron chi connectivity index (χ1n) is 13.4. The first kappa shape index (κ1) is 28.4. The maximum absolute atomic E-state index is 14.4. The van der Waals surface area contributed by atoms with E-state index in [1.165, 1.54) is 17.9 Å². The number of nitrogens with two attached hydrogens (primary N) is 1. The summed E-state index contributed by atoms with van der Waals surface area (Å²) in [6.45, 7) is 5.54. The van der Waals surface area contributed by atoms with Crippen molar-refractivity contribution >= 4 is 23.2 Å². The van der Waals surface area contributed by atoms with Crippen LogP contribution in [0.25, 0.3) is 16.9 Å². The number of carbonyl (C=O) groups excluding carboxylic acids is 3. The number of ketones is 2. The predicted molar refractivity (Wildman–Crippen MR) is 150 cm³/mol. The predicted octanol–water partition coefficient (Wildman–Crippen LogP) is 2.81. The van der Waals surface area contributed by atoms with Gasteiger partial charge in [0.15, 0.2) is 11.4 Å². The molecule has 0 heterocycles. The van der Waals surface area contributed by atoms with E-state index >= 15 is 0 Å². The number of phenolic OH excluding ortho intramolecular Hbond substituents is 1. The lowest BCUT2D eigenvalue weighted by atomic mass is 9.46. The number of primary amides is 1. The van der Waals surface area contributed by atoms with Crippen LogP contribution in [0.3, 0.4) is 0 Å². The highest BCUT2D eigenvalue weighted by Crippen LogP contribution is 2.63. The molecule has 10 heteroatoms. The van der Waals surface area contributed by atoms with Crippen molar-refractivity contribution in [3.63, 3.8) is 0 Å². The summed E-state index contributed by atoms with van der Waals surface area (Å²) in [6.07, 6.45) is 0.0960. The number of nitrogens with zero attached hydrogens (tertiary/aromatic N) is 1. The quantitative estimate of drug-likeness (QED) is 0.344. The molecule has 1 amide bonds. The molecule has 2 aromatic rings. The van der Waals surface area contributed by atoms with Gasteiger partial charge in [0.25, 0.3) is 5.91 Å². The molecule has 216 valence electrons. The Hall–Kier alpha value is -4.15. The SMILES string of the molecule is CCOc1ccccc1-c1ccc(O)c2c1C[C@@]1(C)C[C@@]3(C)[C@H](N(C)C)C(=O)C(C(N)=O)=C(O)[C@@]3(O)C(=O)C1=C2O. The van der Waals surface area contributed by atoms with Crippen LogP contribution < -0.4 is 10.5 Å². The van der Waals surface area contributed by atoms with E-state index < -0.39 is 57.0 Å². The standard InChI is InChI=1S/C31H34N2O8/c1-6-41-19-10-8-7-9-16(19)15-11-12-18(34)20-17(15)13-29(2)14-30(3)25(33(4)5)24(36)21(28(32)39)26(37)31(30,40)27(38)22(29)23(20)35/h7-12,25,34-35,37,40H,6,13-14H2,1-5H3,(H2,32,39)/t25-,29+,30+,31-/m1/s1. The normalized spacial score (nSPS) is 29.3. The molecular weight excluding hydrogens is 528 g/mol. The molecule has 3 aliphatic carbocycles. The molecule has 0 aromatic heterocycles. The molecule has 10 nitrogen and oxygen atoms in total. The van der Waals surface area contributed by atoms with Gasteiger partial charge in [-0.3, -0.25) is 19.3 Å². The van der Waals surface area contributed by atoms with Crippen molar-refractivity contribution in [2.45, 2.75) is 45.3 Å². The Kier molecular flexibility index (Phi) is 6.36. The molecule has 0 spiro atoms. The second kappa shape index (κ2) is 9.19. The van der Waals surface area contributed by atoms with Crippen LogP contribution in [0.15, 0.2) is 53.3 Å². The lowest BCUT2D eigenvalue weighted by molar-refractivity contribution is -0.175. The highest BCUT2D eigenvalue weighted by molar-refractivity contribution is 6.25. The lowest BCUT2D eigenvalue weighted by Gasteiger charge is -2.59. The number of phenols is 1. The van der Waals surface area contributed by atoms with Crippen molar-refractivity contribution in [2.24, 2.45) is 16.6 Å². The Balaban J connectivity index is 1.82. The zero-order valence-electron chi connectivity index (χ0n) is 23.6. The third-order valence-corrected chi connectivity index (χ3v) is 8.99. The van der Waals surface area contributed by atoms with E-state index in [9.17, 15) is 34.8 Å². The van der Waals surface area contributed by atoms with E-state index in [-0.39, 0.29) is 29.7 Å². The molecule has 6 N–H and O–H groups in total. The molecule has 3 aliphatic rings. The van der Waals surface area contributed by atoms with Gasteiger partial charge in [0, 0.05) is 22.0 Å². The molecule has 0 aliphatic heterocycles. The van der Waals surface area contributed by atoms with Crippen LogP contribution in [0.2, 0.25) is 0 Å². The number of carbonyl (C=O) groups is 3. The number of benzene rings is 2. The number of hydrogen-bond acceptors (Lipinski definition) is 9. The van der Waals surface area contributed by atoms with Gasteiger partial charge < -0.3 is 30.9 Å². The third kappa shape index (κ3) is 3.60. The summed E-state index contributed by atoms with van der Waals surface area (Å²) < 4.78 is 5.84. The summed E-state index contributed by atoms with van der Waals surface area (Å²) in [7, 11) is 3.14. The zero-order chi connectivity index (χ0) is 30.2. The molecule has 41 heavy (non-hydrogen) atoms. The van der Waals surface area contributed by atoms with Gasteiger partial charge in [-0.25, -0.2) is 0 Å². The Morgan fingerprint density at radius 1 is 1.07 bits per heavy atom. The van der Waals surface area contributed by atoms with Gasteiger partial charge in [-0.15, -0.1) is 0 Å². The van der Waals surface area contributed by atoms with E-state index in [1.54, 1.807) is 27.1 Å². The Morgan fingerprint density at radius 3 is 2.34 bits per heavy atom. The van der Waals surface area contributed by atoms with E-state index in [0.717, 1.165) is 5.56 Å². The first-order chi connectivity index (χ1) is 19.2. The van der Waals surface area contributed by atoms with Crippen molar-refractivity contribution < 1.29 is 39.5 Å². The zero-order valence-corrected chi connectivity index (χ0v) is 23.6. The average Bonchev–Trinajstić information content (AvgIpc) is 2.86. The van der Waals surface area contributed by atoms with Gasteiger partial charge in [0.1, 0.15) is 28.6 Å². The fourth-order valence-corrected chi connectivity index (χ4v) is 7.55. The maximum Gasteiger partial charge on any atom is 0.255 e. The molecule has 5 rings (SSSR count). The van der Waals surface area contributed by atoms with E-state index in [2.05, 4.69) is 0 Å². The van der Waals surface area contributed by atoms with Crippen LogP contribution in [0, 0.1) is 10.8 Å². The van der Waals surface area contributed by atoms with Crippen molar-refractivity contribution in [2.75, 3.05) is 20.7 Å². The van der Waals surface area contributed by atoms with Crippen molar-refractivity contribution in [1.29, 1.82) is 0 Å². The number of aromatic hydroxyl groups is 1. The minimum Gasteiger partial charge on any atom is -0.508 e. The average molecular weight is 563 g/mol. The molecule has 0 unspecified atom stereocenters. The van der Waals surface area contributed by atoms with Crippen molar-refractivity contribution in [1.82, 2.24) is 4.90 Å². The highest BCUT2D eigenvalue weighted by atomic mass is 16.5. The van der Waals surface area contributed by atoms with Gasteiger partial charge in [-0.1, -0.05) is 38.1 Å². The van der Waals surface area contributed by atoms with Gasteiger partial charge in [0.05, 0.1) is 18.2 Å². The summed E-state index contributed by atoms with van der Waals surface area (Å²) >= 11 is 0. The minimum atomic E-state index is -2.75. The number of para-hydroxylation sites is 1. The van der Waals surface area contributed by atoms with Crippen molar-refractivity contribution in [3.05, 3.63) is 64.4 Å². The molecule has 4 atom stereocenters. The van der Waals surface area contributed by atoms with E-state index in [0.29, 0.717) is 23.5 Å². The largest absolute Gasteiger partial charge is 0.508 e. The summed E-state index contributed by atoms with van der Waals surface area (Å²) in [5.74, 6) is -4.50. The number of likely N-dealkylation sites (N-methyl/N-ethyl adjacent to an activating group) is 1. The summed E-state index contributed by atoms with van der Waals surface area (Å²) in [4.78, 5) is 41.7. The number of ether oxygens (including phenoxy) is 1. The van der Waals surface area contributed by atoms with E-state index in [4.69, 9.17) is 10.5 Å². The fraction of sp³-hybridized carbons (Fsp3) is 0.387. The molecule has 1 fully saturated rings. The molecule has 2 aromatic carbocycles. The topological polar surface area (TPSA) is 171 Å². The Morgan fingerprint density at radius 2 is 1.73 bits per heavy atom. The summed E-state index contributed by atoms with van der Waals surface area (Å²) in [5, 5.41) is 45.9. The van der Waals surface area contributed by atoms with Gasteiger partial charge in [0.2, 0.25) is 5.78 Å². The minimum absolute atomic E-state index is 0.0245. The number of aliphatic hydroxyl groups is 3. The first-order valence-corrected chi connectivity index (χ1v) is 13.4. The lowest BCUT2D eigenvalue weighted by Crippen LogP contribution is -2.72. The van der Waals surface area contributed by atoms with Crippen LogP contribution in [0.5, 0.6) is 11.5 Å². The third-order valence-electron chi connectivity index (χ3n) is 8.99. The molecule has 0 radical (unpaired) electrons. The molecule has 0 saturated heterocycles. The van der Waals surface area contributed by atoms with E-state index in [1.807, 2.05) is 31.2 Å². The molecule has 0 bridgehead atoms. The second-order valence-electron chi connectivity index (χ2n) is 11.8. The van der Waals surface area contributed by atoms with Crippen LogP contribution >= 0.6 is 0 Å². The number of aliphatic hydroxyl groups excluding tert-OH is 2. The summed E-state index contributed by atoms with van der Waals surface area (Å²) in [6, 6.07) is 9.27. The number of amides is 1. The molecular formula is C31H34N2O8. The van der Waals surface area contributed by atoms with Crippen molar-refractivity contribution in [3.8, 4) is 22.6 Å². The van der Waals surface area contributed by atoms with Gasteiger partial charge >= 0.3 is 0 Å². The number of Topliss-reactive ketones (excluding diaryl/α,β-unsaturated/α-hetero) is 2. The number of rotatable bonds is 5. The molecule has 1 saturated carbocycles. The maximum atomic E-state index is 14.4. The van der Waals surface area contributed by atoms with Gasteiger partial charge in [-0.05, 0) is 57.1 Å². The fourth-order valence-electron chi connectivity index (χ4n) is 7.55. The smallest absolute Gasteiger partial charge is 0.255 e. The number of fused-ring (bicyclic) bond motifs is 3. The highest BCUT2D eigenvalue weighted by Gasteiger charge is 2.72. The van der Waals surface area contributed by atoms with Crippen LogP contribution in [-0.2, 0) is 20.8 Å². The number of hydrogen-bond donors (Lipinski definition) is 5. The Labute approximate surface area is 237 Å². The van der Waals surface area contributed by atoms with Crippen LogP contribution in [0.4, 0.5) is 0 Å². The Bertz CT molecular complexity index is 1590. The van der Waals surface area contributed by atoms with Gasteiger partial charge in [-0.2, -0.15) is 0 Å². The summed E-state index contributed by atoms with van der Waals surface area (Å²) in [5.41, 5.74) is 0.805. The van der Waals surface area contributed by atoms with Crippen LogP contribution in [0.1, 0.15) is 38.3 Å². The second-order valence-corrected chi connectivity index (χ2v) is 11.8.